The number of aromatic nitrogens is 2. The summed E-state index contributed by atoms with van der Waals surface area (Å²) in [6, 6.07) is 0. The normalized spacial score (nSPS) is 10.8. The van der Waals surface area contributed by atoms with E-state index < -0.39 is 0 Å². The highest BCUT2D eigenvalue weighted by molar-refractivity contribution is 7.99. The number of hydrogen-bond donors (Lipinski definition) is 1. The van der Waals surface area contributed by atoms with Crippen molar-refractivity contribution in [1.29, 1.82) is 0 Å². The van der Waals surface area contributed by atoms with Gasteiger partial charge in [0.25, 0.3) is 5.56 Å². The van der Waals surface area contributed by atoms with Gasteiger partial charge in [0.2, 0.25) is 0 Å². The molecule has 4 heteroatoms. The summed E-state index contributed by atoms with van der Waals surface area (Å²) in [7, 11) is 0. The Morgan fingerprint density at radius 1 is 1.24 bits per heavy atom. The van der Waals surface area contributed by atoms with E-state index in [0.717, 1.165) is 28.6 Å². The number of nitrogens with zero attached hydrogens (tertiary/aromatic N) is 1. The molecule has 3 nitrogen and oxygen atoms in total. The molecule has 17 heavy (non-hydrogen) atoms. The van der Waals surface area contributed by atoms with Crippen LogP contribution in [0.15, 0.2) is 9.95 Å². The first-order chi connectivity index (χ1) is 8.19. The van der Waals surface area contributed by atoms with E-state index in [1.807, 2.05) is 13.8 Å². The highest BCUT2D eigenvalue weighted by Crippen LogP contribution is 2.15. The summed E-state index contributed by atoms with van der Waals surface area (Å²) in [4.78, 5) is 19.0. The lowest BCUT2D eigenvalue weighted by Gasteiger charge is -2.05. The van der Waals surface area contributed by atoms with Crippen molar-refractivity contribution < 1.29 is 0 Å². The van der Waals surface area contributed by atoms with E-state index in [1.165, 1.54) is 25.7 Å². The van der Waals surface area contributed by atoms with E-state index in [1.54, 1.807) is 11.8 Å². The molecule has 0 aliphatic rings. The molecule has 0 saturated heterocycles. The van der Waals surface area contributed by atoms with E-state index in [-0.39, 0.29) is 5.56 Å². The molecule has 96 valence electrons. The topological polar surface area (TPSA) is 45.8 Å². The molecular weight excluding hydrogens is 232 g/mol. The average Bonchev–Trinajstić information content (AvgIpc) is 2.28. The molecule has 0 aromatic carbocycles. The maximum Gasteiger partial charge on any atom is 0.254 e. The van der Waals surface area contributed by atoms with Crippen LogP contribution in [0.2, 0.25) is 0 Å². The van der Waals surface area contributed by atoms with Crippen LogP contribution in [-0.2, 0) is 6.42 Å². The number of unbranched alkanes of at least 4 members (excludes halogenated alkanes) is 3. The van der Waals surface area contributed by atoms with Gasteiger partial charge in [-0.05, 0) is 19.8 Å². The Labute approximate surface area is 107 Å². The summed E-state index contributed by atoms with van der Waals surface area (Å²) in [6.45, 7) is 6.10. The Morgan fingerprint density at radius 2 is 2.00 bits per heavy atom. The van der Waals surface area contributed by atoms with E-state index in [9.17, 15) is 4.79 Å². The van der Waals surface area contributed by atoms with Gasteiger partial charge in [-0.15, -0.1) is 0 Å². The molecule has 0 atom stereocenters. The zero-order chi connectivity index (χ0) is 12.7. The van der Waals surface area contributed by atoms with Crippen LogP contribution in [0.1, 0.15) is 50.8 Å². The number of thioether (sulfide) groups is 1. The quantitative estimate of drug-likeness (QED) is 0.461. The number of nitrogens with one attached hydrogen (secondary N) is 1. The summed E-state index contributed by atoms with van der Waals surface area (Å²) in [5.74, 6) is 1.04. The lowest BCUT2D eigenvalue weighted by molar-refractivity contribution is 0.705. The van der Waals surface area contributed by atoms with Crippen LogP contribution < -0.4 is 5.56 Å². The van der Waals surface area contributed by atoms with Gasteiger partial charge in [0.05, 0.1) is 0 Å². The SMILES string of the molecule is CCCCCCSc1nc(C)c(CC)c(=O)[nH]1. The molecule has 1 aromatic rings. The van der Waals surface area contributed by atoms with Crippen LogP contribution in [0.3, 0.4) is 0 Å². The zero-order valence-electron chi connectivity index (χ0n) is 11.0. The molecule has 0 aliphatic carbocycles. The van der Waals surface area contributed by atoms with Crippen molar-refractivity contribution in [1.82, 2.24) is 9.97 Å². The largest absolute Gasteiger partial charge is 0.301 e. The fourth-order valence-electron chi connectivity index (χ4n) is 1.77. The van der Waals surface area contributed by atoms with E-state index in [4.69, 9.17) is 0 Å². The van der Waals surface area contributed by atoms with E-state index in [0.29, 0.717) is 0 Å². The van der Waals surface area contributed by atoms with Crippen LogP contribution in [-0.4, -0.2) is 15.7 Å². The van der Waals surface area contributed by atoms with Gasteiger partial charge in [-0.1, -0.05) is 44.9 Å². The lowest BCUT2D eigenvalue weighted by atomic mass is 10.2. The highest BCUT2D eigenvalue weighted by Gasteiger charge is 2.06. The van der Waals surface area contributed by atoms with Crippen LogP contribution in [0.25, 0.3) is 0 Å². The van der Waals surface area contributed by atoms with Crippen molar-refractivity contribution in [2.45, 2.75) is 58.0 Å². The zero-order valence-corrected chi connectivity index (χ0v) is 11.8. The summed E-state index contributed by atoms with van der Waals surface area (Å²) in [5, 5.41) is 0.765. The van der Waals surface area contributed by atoms with Gasteiger partial charge in [0.15, 0.2) is 5.16 Å². The third kappa shape index (κ3) is 4.54. The van der Waals surface area contributed by atoms with Gasteiger partial charge in [-0.2, -0.15) is 0 Å². The van der Waals surface area contributed by atoms with Crippen molar-refractivity contribution in [3.05, 3.63) is 21.6 Å². The Kier molecular flexibility index (Phi) is 6.34. The molecule has 1 rings (SSSR count). The van der Waals surface area contributed by atoms with Crippen molar-refractivity contribution in [3.63, 3.8) is 0 Å². The van der Waals surface area contributed by atoms with Gasteiger partial charge in [-0.25, -0.2) is 4.98 Å². The van der Waals surface area contributed by atoms with Crippen molar-refractivity contribution >= 4 is 11.8 Å². The van der Waals surface area contributed by atoms with Crippen LogP contribution in [0.5, 0.6) is 0 Å². The van der Waals surface area contributed by atoms with Crippen molar-refractivity contribution in [2.75, 3.05) is 5.75 Å². The second-order valence-electron chi connectivity index (χ2n) is 4.20. The molecule has 0 aliphatic heterocycles. The Hall–Kier alpha value is -0.770. The van der Waals surface area contributed by atoms with Crippen LogP contribution in [0, 0.1) is 6.92 Å². The predicted molar refractivity (Wildman–Crippen MR) is 73.8 cm³/mol. The van der Waals surface area contributed by atoms with Crippen molar-refractivity contribution in [3.8, 4) is 0 Å². The number of hydrogen-bond acceptors (Lipinski definition) is 3. The maximum absolute atomic E-state index is 11.7. The fourth-order valence-corrected chi connectivity index (χ4v) is 2.68. The molecule has 0 fully saturated rings. The highest BCUT2D eigenvalue weighted by atomic mass is 32.2. The monoisotopic (exact) mass is 254 g/mol. The van der Waals surface area contributed by atoms with E-state index >= 15 is 0 Å². The molecular formula is C13H22N2OS. The first-order valence-electron chi connectivity index (χ1n) is 6.41. The molecule has 0 saturated carbocycles. The molecule has 0 amide bonds. The summed E-state index contributed by atoms with van der Waals surface area (Å²) >= 11 is 1.65. The number of aromatic amines is 1. The summed E-state index contributed by atoms with van der Waals surface area (Å²) in [5.41, 5.74) is 1.70. The van der Waals surface area contributed by atoms with Crippen LogP contribution in [0.4, 0.5) is 0 Å². The third-order valence-electron chi connectivity index (χ3n) is 2.79. The Morgan fingerprint density at radius 3 is 2.59 bits per heavy atom. The van der Waals surface area contributed by atoms with E-state index in [2.05, 4.69) is 16.9 Å². The minimum absolute atomic E-state index is 0.0241. The lowest BCUT2D eigenvalue weighted by Crippen LogP contribution is -2.16. The smallest absolute Gasteiger partial charge is 0.254 e. The van der Waals surface area contributed by atoms with Gasteiger partial charge in [0.1, 0.15) is 0 Å². The van der Waals surface area contributed by atoms with Gasteiger partial charge < -0.3 is 4.98 Å². The molecule has 1 aromatic heterocycles. The number of aryl methyl sites for hydroxylation is 1. The molecule has 1 heterocycles. The Balaban J connectivity index is 2.52. The van der Waals surface area contributed by atoms with Gasteiger partial charge >= 0.3 is 0 Å². The average molecular weight is 254 g/mol. The van der Waals surface area contributed by atoms with Gasteiger partial charge in [0, 0.05) is 17.0 Å². The standard InChI is InChI=1S/C13H22N2OS/c1-4-6-7-8-9-17-13-14-10(3)11(5-2)12(16)15-13/h4-9H2,1-3H3,(H,14,15,16). The molecule has 0 radical (unpaired) electrons. The minimum atomic E-state index is 0.0241. The predicted octanol–water partition coefficient (Wildman–Crippen LogP) is 3.31. The minimum Gasteiger partial charge on any atom is -0.301 e. The second kappa shape index (κ2) is 7.54. The molecule has 0 unspecified atom stereocenters. The first-order valence-corrected chi connectivity index (χ1v) is 7.40. The Bertz CT molecular complexity index is 401. The number of H-pyrrole nitrogens is 1. The van der Waals surface area contributed by atoms with Gasteiger partial charge in [-0.3, -0.25) is 4.79 Å². The van der Waals surface area contributed by atoms with Crippen molar-refractivity contribution in [2.24, 2.45) is 0 Å². The molecule has 0 bridgehead atoms. The second-order valence-corrected chi connectivity index (χ2v) is 5.28. The van der Waals surface area contributed by atoms with Crippen LogP contribution >= 0.6 is 11.8 Å². The summed E-state index contributed by atoms with van der Waals surface area (Å²) < 4.78 is 0. The molecule has 0 spiro atoms. The number of rotatable bonds is 7. The maximum atomic E-state index is 11.7. The third-order valence-corrected chi connectivity index (χ3v) is 3.75. The first kappa shape index (κ1) is 14.3. The fraction of sp³-hybridized carbons (Fsp3) is 0.692. The summed E-state index contributed by atoms with van der Waals surface area (Å²) in [6.07, 6.45) is 5.74. The molecule has 1 N–H and O–H groups in total.